The number of benzene rings is 2. The monoisotopic (exact) mass is 355 g/mol. The molecule has 0 saturated carbocycles. The molecule has 0 saturated heterocycles. The molecule has 0 aliphatic carbocycles. The summed E-state index contributed by atoms with van der Waals surface area (Å²) >= 11 is 0. The lowest BCUT2D eigenvalue weighted by atomic mass is 10.0. The van der Waals surface area contributed by atoms with Crippen molar-refractivity contribution in [3.8, 4) is 11.5 Å². The van der Waals surface area contributed by atoms with E-state index in [1.54, 1.807) is 30.3 Å². The molecule has 6 heteroatoms. The fourth-order valence-corrected chi connectivity index (χ4v) is 2.63. The molecule has 1 amide bonds. The van der Waals surface area contributed by atoms with Gasteiger partial charge in [0.1, 0.15) is 0 Å². The highest BCUT2D eigenvalue weighted by Gasteiger charge is 2.15. The number of esters is 1. The number of carbonyl (C=O) groups is 2. The first-order chi connectivity index (χ1) is 12.5. The van der Waals surface area contributed by atoms with Gasteiger partial charge in [0.2, 0.25) is 6.79 Å². The van der Waals surface area contributed by atoms with E-state index in [9.17, 15) is 9.59 Å². The molecule has 0 spiro atoms. The van der Waals surface area contributed by atoms with Gasteiger partial charge in [-0.05, 0) is 42.2 Å². The van der Waals surface area contributed by atoms with Crippen molar-refractivity contribution in [3.05, 3.63) is 53.6 Å². The van der Waals surface area contributed by atoms with Crippen molar-refractivity contribution in [1.29, 1.82) is 0 Å². The van der Waals surface area contributed by atoms with Crippen molar-refractivity contribution >= 4 is 17.6 Å². The van der Waals surface area contributed by atoms with Gasteiger partial charge in [-0.3, -0.25) is 4.79 Å². The molecule has 2 aromatic rings. The van der Waals surface area contributed by atoms with Crippen LogP contribution in [0, 0.1) is 5.92 Å². The molecule has 0 bridgehead atoms. The molecule has 136 valence electrons. The van der Waals surface area contributed by atoms with Crippen LogP contribution in [0.1, 0.15) is 29.8 Å². The van der Waals surface area contributed by atoms with E-state index >= 15 is 0 Å². The highest BCUT2D eigenvalue weighted by atomic mass is 16.7. The van der Waals surface area contributed by atoms with Crippen LogP contribution in [-0.2, 0) is 16.0 Å². The number of carbonyl (C=O) groups excluding carboxylic acids is 2. The molecule has 1 N–H and O–H groups in total. The van der Waals surface area contributed by atoms with Crippen molar-refractivity contribution < 1.29 is 23.8 Å². The molecule has 0 radical (unpaired) electrons. The predicted molar refractivity (Wildman–Crippen MR) is 96.5 cm³/mol. The van der Waals surface area contributed by atoms with E-state index in [1.807, 2.05) is 12.1 Å². The molecule has 26 heavy (non-hydrogen) atoms. The smallest absolute Gasteiger partial charge is 0.338 e. The zero-order valence-corrected chi connectivity index (χ0v) is 14.8. The van der Waals surface area contributed by atoms with Crippen molar-refractivity contribution in [2.75, 3.05) is 18.7 Å². The summed E-state index contributed by atoms with van der Waals surface area (Å²) in [7, 11) is 0. The van der Waals surface area contributed by atoms with Gasteiger partial charge >= 0.3 is 5.97 Å². The molecule has 3 rings (SSSR count). The van der Waals surface area contributed by atoms with Crippen molar-refractivity contribution in [3.63, 3.8) is 0 Å². The molecule has 6 nitrogen and oxygen atoms in total. The van der Waals surface area contributed by atoms with Crippen LogP contribution < -0.4 is 14.8 Å². The molecule has 1 aliphatic heterocycles. The number of ether oxygens (including phenoxy) is 3. The van der Waals surface area contributed by atoms with Crippen molar-refractivity contribution in [2.24, 2.45) is 5.92 Å². The molecule has 2 aromatic carbocycles. The molecular weight excluding hydrogens is 334 g/mol. The Kier molecular flexibility index (Phi) is 5.41. The fraction of sp³-hybridized carbons (Fsp3) is 0.300. The lowest BCUT2D eigenvalue weighted by molar-refractivity contribution is -0.119. The highest BCUT2D eigenvalue weighted by Crippen LogP contribution is 2.34. The lowest BCUT2D eigenvalue weighted by Crippen LogP contribution is -2.20. The normalized spacial score (nSPS) is 12.1. The summed E-state index contributed by atoms with van der Waals surface area (Å²) in [5.41, 5.74) is 2.14. The van der Waals surface area contributed by atoms with Gasteiger partial charge in [0.15, 0.2) is 18.1 Å². The number of fused-ring (bicyclic) bond motifs is 1. The average molecular weight is 355 g/mol. The Balaban J connectivity index is 1.50. The van der Waals surface area contributed by atoms with Gasteiger partial charge in [-0.2, -0.15) is 0 Å². The molecule has 1 aliphatic rings. The van der Waals surface area contributed by atoms with E-state index in [0.717, 1.165) is 12.0 Å². The number of nitrogens with one attached hydrogen (secondary N) is 1. The summed E-state index contributed by atoms with van der Waals surface area (Å²) in [5.74, 6) is 0.805. The number of hydrogen-bond acceptors (Lipinski definition) is 5. The minimum absolute atomic E-state index is 0.167. The SMILES string of the molecule is CC(C)Cc1ccc(C(=O)OCC(=O)Nc2ccc3c(c2)OCO3)cc1. The quantitative estimate of drug-likeness (QED) is 0.804. The van der Waals surface area contributed by atoms with Crippen LogP contribution in [-0.4, -0.2) is 25.3 Å². The van der Waals surface area contributed by atoms with Gasteiger partial charge in [0.25, 0.3) is 5.91 Å². The Morgan fingerprint density at radius 1 is 1.08 bits per heavy atom. The van der Waals surface area contributed by atoms with E-state index in [1.165, 1.54) is 0 Å². The Morgan fingerprint density at radius 3 is 2.54 bits per heavy atom. The third kappa shape index (κ3) is 4.53. The second-order valence-corrected chi connectivity index (χ2v) is 6.49. The third-order valence-corrected chi connectivity index (χ3v) is 3.82. The number of rotatable bonds is 6. The second-order valence-electron chi connectivity index (χ2n) is 6.49. The van der Waals surface area contributed by atoms with Gasteiger partial charge < -0.3 is 19.5 Å². The molecule has 1 heterocycles. The van der Waals surface area contributed by atoms with E-state index in [0.29, 0.717) is 28.7 Å². The van der Waals surface area contributed by atoms with E-state index < -0.39 is 11.9 Å². The van der Waals surface area contributed by atoms with Gasteiger partial charge in [-0.25, -0.2) is 4.79 Å². The molecule has 0 atom stereocenters. The van der Waals surface area contributed by atoms with Crippen molar-refractivity contribution in [1.82, 2.24) is 0 Å². The van der Waals surface area contributed by atoms with Crippen LogP contribution in [0.4, 0.5) is 5.69 Å². The summed E-state index contributed by atoms with van der Waals surface area (Å²) in [6, 6.07) is 12.3. The van der Waals surface area contributed by atoms with Gasteiger partial charge in [0.05, 0.1) is 5.56 Å². The summed E-state index contributed by atoms with van der Waals surface area (Å²) < 4.78 is 15.5. The van der Waals surface area contributed by atoms with Gasteiger partial charge in [0, 0.05) is 11.8 Å². The number of anilines is 1. The van der Waals surface area contributed by atoms with Crippen LogP contribution in [0.25, 0.3) is 0 Å². The Hall–Kier alpha value is -3.02. The third-order valence-electron chi connectivity index (χ3n) is 3.82. The molecule has 0 fully saturated rings. The fourth-order valence-electron chi connectivity index (χ4n) is 2.63. The summed E-state index contributed by atoms with van der Waals surface area (Å²) in [6.07, 6.45) is 0.952. The van der Waals surface area contributed by atoms with Crippen LogP contribution in [0.5, 0.6) is 11.5 Å². The maximum atomic E-state index is 12.0. The Labute approximate surface area is 152 Å². The molecular formula is C20H21NO5. The summed E-state index contributed by atoms with van der Waals surface area (Å²) in [6.45, 7) is 4.09. The van der Waals surface area contributed by atoms with Crippen molar-refractivity contribution in [2.45, 2.75) is 20.3 Å². The number of amides is 1. The topological polar surface area (TPSA) is 73.9 Å². The minimum Gasteiger partial charge on any atom is -0.454 e. The summed E-state index contributed by atoms with van der Waals surface area (Å²) in [4.78, 5) is 24.0. The van der Waals surface area contributed by atoms with Crippen LogP contribution >= 0.6 is 0 Å². The highest BCUT2D eigenvalue weighted by molar-refractivity contribution is 5.95. The Bertz CT molecular complexity index is 798. The van der Waals surface area contributed by atoms with Crippen LogP contribution in [0.3, 0.4) is 0 Å². The van der Waals surface area contributed by atoms with Crippen LogP contribution in [0.2, 0.25) is 0 Å². The zero-order chi connectivity index (χ0) is 18.5. The number of hydrogen-bond donors (Lipinski definition) is 1. The first-order valence-electron chi connectivity index (χ1n) is 8.47. The minimum atomic E-state index is -0.526. The lowest BCUT2D eigenvalue weighted by Gasteiger charge is -2.08. The maximum Gasteiger partial charge on any atom is 0.338 e. The molecule has 0 unspecified atom stereocenters. The van der Waals surface area contributed by atoms with Gasteiger partial charge in [-0.15, -0.1) is 0 Å². The average Bonchev–Trinajstić information content (AvgIpc) is 3.07. The van der Waals surface area contributed by atoms with Crippen LogP contribution in [0.15, 0.2) is 42.5 Å². The predicted octanol–water partition coefficient (Wildman–Crippen LogP) is 3.41. The molecule has 0 aromatic heterocycles. The maximum absolute atomic E-state index is 12.0. The van der Waals surface area contributed by atoms with E-state index in [-0.39, 0.29) is 13.4 Å². The zero-order valence-electron chi connectivity index (χ0n) is 14.8. The van der Waals surface area contributed by atoms with E-state index in [2.05, 4.69) is 19.2 Å². The van der Waals surface area contributed by atoms with E-state index in [4.69, 9.17) is 14.2 Å². The second kappa shape index (κ2) is 7.91. The standard InChI is InChI=1S/C20H21NO5/c1-13(2)9-14-3-5-15(6-4-14)20(23)24-11-19(22)21-16-7-8-17-18(10-16)26-12-25-17/h3-8,10,13H,9,11-12H2,1-2H3,(H,21,22). The Morgan fingerprint density at radius 2 is 1.81 bits per heavy atom. The first-order valence-corrected chi connectivity index (χ1v) is 8.47. The first kappa shape index (κ1) is 17.8. The van der Waals surface area contributed by atoms with Gasteiger partial charge in [-0.1, -0.05) is 26.0 Å². The summed E-state index contributed by atoms with van der Waals surface area (Å²) in [5, 5.41) is 2.66. The largest absolute Gasteiger partial charge is 0.454 e.